The monoisotopic (exact) mass is 409 g/mol. The van der Waals surface area contributed by atoms with Crippen molar-refractivity contribution in [1.29, 1.82) is 0 Å². The van der Waals surface area contributed by atoms with Crippen molar-refractivity contribution in [3.8, 4) is 5.75 Å². The summed E-state index contributed by atoms with van der Waals surface area (Å²) in [6.07, 6.45) is 1.99. The molecule has 3 rings (SSSR count). The first-order chi connectivity index (χ1) is 10.2. The van der Waals surface area contributed by atoms with Crippen LogP contribution >= 0.6 is 31.9 Å². The molecule has 4 heteroatoms. The van der Waals surface area contributed by atoms with Crippen molar-refractivity contribution in [3.05, 3.63) is 56.5 Å². The van der Waals surface area contributed by atoms with Crippen LogP contribution < -0.4 is 10.1 Å². The topological polar surface area (TPSA) is 21.3 Å². The van der Waals surface area contributed by atoms with Crippen LogP contribution in [0.5, 0.6) is 5.75 Å². The maximum absolute atomic E-state index is 5.75. The zero-order valence-electron chi connectivity index (χ0n) is 11.8. The lowest BCUT2D eigenvalue weighted by Crippen LogP contribution is -2.21. The summed E-state index contributed by atoms with van der Waals surface area (Å²) in [5, 5.41) is 3.69. The number of rotatable bonds is 3. The van der Waals surface area contributed by atoms with Crippen LogP contribution in [0.2, 0.25) is 0 Å². The molecule has 1 atom stereocenters. The van der Waals surface area contributed by atoms with Crippen LogP contribution in [0.25, 0.3) is 0 Å². The molecule has 1 heterocycles. The van der Waals surface area contributed by atoms with Gasteiger partial charge in [0.05, 0.1) is 12.6 Å². The van der Waals surface area contributed by atoms with Crippen molar-refractivity contribution in [1.82, 2.24) is 0 Å². The Morgan fingerprint density at radius 2 is 1.90 bits per heavy atom. The van der Waals surface area contributed by atoms with Crippen molar-refractivity contribution in [2.24, 2.45) is 0 Å². The van der Waals surface area contributed by atoms with Crippen LogP contribution in [0.3, 0.4) is 0 Å². The smallest absolute Gasteiger partial charge is 0.124 e. The van der Waals surface area contributed by atoms with E-state index in [0.717, 1.165) is 34.1 Å². The molecule has 0 fully saturated rings. The summed E-state index contributed by atoms with van der Waals surface area (Å²) in [5.41, 5.74) is 3.76. The molecule has 0 aliphatic carbocycles. The van der Waals surface area contributed by atoms with E-state index in [4.69, 9.17) is 4.74 Å². The lowest BCUT2D eigenvalue weighted by atomic mass is 9.99. The minimum atomic E-state index is 0.290. The SMILES string of the molecule is CCc1cc(Br)ccc1NC1CCOc2ccc(Br)cc21. The van der Waals surface area contributed by atoms with E-state index in [-0.39, 0.29) is 6.04 Å². The van der Waals surface area contributed by atoms with Gasteiger partial charge in [0.2, 0.25) is 0 Å². The van der Waals surface area contributed by atoms with E-state index >= 15 is 0 Å². The van der Waals surface area contributed by atoms with E-state index in [1.165, 1.54) is 16.8 Å². The molecule has 0 bridgehead atoms. The number of ether oxygens (including phenoxy) is 1. The second-order valence-corrected chi connectivity index (χ2v) is 7.00. The molecule has 0 spiro atoms. The van der Waals surface area contributed by atoms with E-state index in [9.17, 15) is 0 Å². The van der Waals surface area contributed by atoms with Crippen molar-refractivity contribution in [2.75, 3.05) is 11.9 Å². The first kappa shape index (κ1) is 14.9. The normalized spacial score (nSPS) is 17.0. The third-order valence-electron chi connectivity index (χ3n) is 3.79. The number of hydrogen-bond acceptors (Lipinski definition) is 2. The van der Waals surface area contributed by atoms with Crippen LogP contribution in [-0.4, -0.2) is 6.61 Å². The summed E-state index contributed by atoms with van der Waals surface area (Å²) in [4.78, 5) is 0. The number of anilines is 1. The molecule has 2 nitrogen and oxygen atoms in total. The summed E-state index contributed by atoms with van der Waals surface area (Å²) in [5.74, 6) is 0.983. The Morgan fingerprint density at radius 1 is 1.14 bits per heavy atom. The predicted octanol–water partition coefficient (Wildman–Crippen LogP) is 5.71. The molecular weight excluding hydrogens is 394 g/mol. The van der Waals surface area contributed by atoms with Crippen molar-refractivity contribution in [3.63, 3.8) is 0 Å². The first-order valence-electron chi connectivity index (χ1n) is 7.14. The Morgan fingerprint density at radius 3 is 2.71 bits per heavy atom. The fourth-order valence-corrected chi connectivity index (χ4v) is 3.49. The molecular formula is C17H17Br2NO. The lowest BCUT2D eigenvalue weighted by molar-refractivity contribution is 0.274. The maximum atomic E-state index is 5.75. The number of halogens is 2. The summed E-state index contributed by atoms with van der Waals surface area (Å²) in [6.45, 7) is 2.94. The molecule has 0 aromatic heterocycles. The van der Waals surface area contributed by atoms with Gasteiger partial charge in [-0.05, 0) is 48.4 Å². The van der Waals surface area contributed by atoms with Crippen LogP contribution in [0, 0.1) is 0 Å². The van der Waals surface area contributed by atoms with E-state index < -0.39 is 0 Å². The molecule has 1 unspecified atom stereocenters. The molecule has 1 aliphatic rings. The van der Waals surface area contributed by atoms with Gasteiger partial charge in [-0.3, -0.25) is 0 Å². The Labute approximate surface area is 142 Å². The lowest BCUT2D eigenvalue weighted by Gasteiger charge is -2.28. The minimum absolute atomic E-state index is 0.290. The third kappa shape index (κ3) is 3.27. The Balaban J connectivity index is 1.92. The van der Waals surface area contributed by atoms with Gasteiger partial charge in [0.25, 0.3) is 0 Å². The average Bonchev–Trinajstić information content (AvgIpc) is 2.49. The van der Waals surface area contributed by atoms with Gasteiger partial charge >= 0.3 is 0 Å². The van der Waals surface area contributed by atoms with E-state index in [0.29, 0.717) is 0 Å². The first-order valence-corrected chi connectivity index (χ1v) is 8.73. The van der Waals surface area contributed by atoms with Gasteiger partial charge in [0.1, 0.15) is 5.75 Å². The molecule has 21 heavy (non-hydrogen) atoms. The fraction of sp³-hybridized carbons (Fsp3) is 0.294. The van der Waals surface area contributed by atoms with Gasteiger partial charge < -0.3 is 10.1 Å². The summed E-state index contributed by atoms with van der Waals surface area (Å²) in [7, 11) is 0. The Kier molecular flexibility index (Phi) is 4.55. The van der Waals surface area contributed by atoms with Gasteiger partial charge in [-0.25, -0.2) is 0 Å². The highest BCUT2D eigenvalue weighted by Crippen LogP contribution is 2.37. The standard InChI is InChI=1S/C17H17Br2NO/c1-2-11-9-12(18)3-5-15(11)20-16-7-8-21-17-6-4-13(19)10-14(16)17/h3-6,9-10,16,20H,2,7-8H2,1H3. The zero-order valence-corrected chi connectivity index (χ0v) is 15.0. The van der Waals surface area contributed by atoms with Gasteiger partial charge in [0.15, 0.2) is 0 Å². The predicted molar refractivity (Wildman–Crippen MR) is 94.1 cm³/mol. The molecule has 1 N–H and O–H groups in total. The van der Waals surface area contributed by atoms with Crippen molar-refractivity contribution >= 4 is 37.5 Å². The second-order valence-electron chi connectivity index (χ2n) is 5.17. The minimum Gasteiger partial charge on any atom is -0.493 e. The largest absolute Gasteiger partial charge is 0.493 e. The van der Waals surface area contributed by atoms with Crippen molar-refractivity contribution < 1.29 is 4.74 Å². The number of hydrogen-bond donors (Lipinski definition) is 1. The van der Waals surface area contributed by atoms with Crippen LogP contribution in [0.4, 0.5) is 5.69 Å². The Bertz CT molecular complexity index is 657. The molecule has 0 radical (unpaired) electrons. The third-order valence-corrected chi connectivity index (χ3v) is 4.78. The van der Waals surface area contributed by atoms with Crippen LogP contribution in [-0.2, 0) is 6.42 Å². The number of aryl methyl sites for hydroxylation is 1. The van der Waals surface area contributed by atoms with Crippen LogP contribution in [0.15, 0.2) is 45.3 Å². The molecule has 0 amide bonds. The highest BCUT2D eigenvalue weighted by atomic mass is 79.9. The van der Waals surface area contributed by atoms with E-state index in [1.807, 2.05) is 12.1 Å². The molecule has 1 aliphatic heterocycles. The molecule has 0 saturated heterocycles. The van der Waals surface area contributed by atoms with E-state index in [2.05, 4.69) is 68.4 Å². The molecule has 2 aromatic rings. The van der Waals surface area contributed by atoms with Gasteiger partial charge in [-0.2, -0.15) is 0 Å². The van der Waals surface area contributed by atoms with Gasteiger partial charge in [-0.15, -0.1) is 0 Å². The molecule has 0 saturated carbocycles. The average molecular weight is 411 g/mol. The quantitative estimate of drug-likeness (QED) is 0.699. The Hall–Kier alpha value is -1.000. The second kappa shape index (κ2) is 6.41. The number of benzene rings is 2. The van der Waals surface area contributed by atoms with Gasteiger partial charge in [0, 0.05) is 26.6 Å². The summed E-state index contributed by atoms with van der Waals surface area (Å²) in [6, 6.07) is 12.9. The number of fused-ring (bicyclic) bond motifs is 1. The zero-order chi connectivity index (χ0) is 14.8. The highest BCUT2D eigenvalue weighted by Gasteiger charge is 2.22. The molecule has 110 valence electrons. The van der Waals surface area contributed by atoms with Crippen molar-refractivity contribution in [2.45, 2.75) is 25.8 Å². The van der Waals surface area contributed by atoms with E-state index in [1.54, 1.807) is 0 Å². The molecule has 2 aromatic carbocycles. The fourth-order valence-electron chi connectivity index (χ4n) is 2.70. The summed E-state index contributed by atoms with van der Waals surface area (Å²) < 4.78 is 7.97. The van der Waals surface area contributed by atoms with Crippen LogP contribution in [0.1, 0.15) is 30.5 Å². The highest BCUT2D eigenvalue weighted by molar-refractivity contribution is 9.10. The maximum Gasteiger partial charge on any atom is 0.124 e. The number of nitrogens with one attached hydrogen (secondary N) is 1. The van der Waals surface area contributed by atoms with Gasteiger partial charge in [-0.1, -0.05) is 38.8 Å². The summed E-state index contributed by atoms with van der Waals surface area (Å²) >= 11 is 7.10.